The van der Waals surface area contributed by atoms with E-state index in [9.17, 15) is 14.7 Å². The lowest BCUT2D eigenvalue weighted by Crippen LogP contribution is -2.46. The number of aliphatic hydroxyl groups is 1. The number of nitrogens with zero attached hydrogens (tertiary/aromatic N) is 1. The zero-order valence-corrected chi connectivity index (χ0v) is 11.6. The van der Waals surface area contributed by atoms with Crippen LogP contribution in [0.15, 0.2) is 0 Å². The standard InChI is InChI=1S/C14H24N2O3/c1-2-11(17)7-8-15-13(18)12-4-3-9-16(12)14(19)10-5-6-10/h10-12,17H,2-9H2,1H3,(H,15,18). The van der Waals surface area contributed by atoms with Gasteiger partial charge < -0.3 is 15.3 Å². The Morgan fingerprint density at radius 2 is 2.11 bits per heavy atom. The number of hydrogen-bond donors (Lipinski definition) is 2. The number of carbonyl (C=O) groups is 2. The van der Waals surface area contributed by atoms with E-state index < -0.39 is 0 Å². The smallest absolute Gasteiger partial charge is 0.242 e. The van der Waals surface area contributed by atoms with Crippen LogP contribution in [0.4, 0.5) is 0 Å². The number of nitrogens with one attached hydrogen (secondary N) is 1. The SMILES string of the molecule is CCC(O)CCNC(=O)C1CCCN1C(=O)C1CC1. The van der Waals surface area contributed by atoms with E-state index in [4.69, 9.17) is 0 Å². The minimum Gasteiger partial charge on any atom is -0.393 e. The third-order valence-corrected chi connectivity index (χ3v) is 4.01. The van der Waals surface area contributed by atoms with E-state index in [1.54, 1.807) is 4.90 Å². The van der Waals surface area contributed by atoms with Crippen molar-refractivity contribution in [2.24, 2.45) is 5.92 Å². The number of aliphatic hydroxyl groups excluding tert-OH is 1. The maximum atomic E-state index is 12.1. The molecule has 0 aromatic heterocycles. The molecule has 1 heterocycles. The van der Waals surface area contributed by atoms with Crippen molar-refractivity contribution in [3.05, 3.63) is 0 Å². The number of hydrogen-bond acceptors (Lipinski definition) is 3. The van der Waals surface area contributed by atoms with Gasteiger partial charge in [-0.05, 0) is 38.5 Å². The van der Waals surface area contributed by atoms with Crippen molar-refractivity contribution in [3.8, 4) is 0 Å². The van der Waals surface area contributed by atoms with Crippen LogP contribution in [0.25, 0.3) is 0 Å². The Bertz CT molecular complexity index is 342. The lowest BCUT2D eigenvalue weighted by molar-refractivity contribution is -0.139. The maximum absolute atomic E-state index is 12.1. The van der Waals surface area contributed by atoms with Gasteiger partial charge in [0.2, 0.25) is 11.8 Å². The van der Waals surface area contributed by atoms with Gasteiger partial charge in [0.25, 0.3) is 0 Å². The molecule has 0 spiro atoms. The van der Waals surface area contributed by atoms with Gasteiger partial charge in [0.1, 0.15) is 6.04 Å². The van der Waals surface area contributed by atoms with Crippen LogP contribution in [-0.2, 0) is 9.59 Å². The maximum Gasteiger partial charge on any atom is 0.242 e. The first kappa shape index (κ1) is 14.3. The molecule has 1 saturated heterocycles. The zero-order valence-electron chi connectivity index (χ0n) is 11.6. The molecule has 108 valence electrons. The van der Waals surface area contributed by atoms with E-state index in [1.807, 2.05) is 6.92 Å². The molecule has 2 rings (SSSR count). The van der Waals surface area contributed by atoms with Crippen molar-refractivity contribution >= 4 is 11.8 Å². The van der Waals surface area contributed by atoms with Crippen molar-refractivity contribution < 1.29 is 14.7 Å². The molecule has 5 nitrogen and oxygen atoms in total. The Morgan fingerprint density at radius 1 is 1.37 bits per heavy atom. The van der Waals surface area contributed by atoms with E-state index in [0.717, 1.165) is 25.7 Å². The van der Waals surface area contributed by atoms with Crippen LogP contribution < -0.4 is 5.32 Å². The highest BCUT2D eigenvalue weighted by Crippen LogP contribution is 2.33. The Balaban J connectivity index is 1.78. The van der Waals surface area contributed by atoms with Gasteiger partial charge in [-0.15, -0.1) is 0 Å². The fourth-order valence-corrected chi connectivity index (χ4v) is 2.55. The van der Waals surface area contributed by atoms with E-state index in [-0.39, 0.29) is 29.9 Å². The second kappa shape index (κ2) is 6.37. The average molecular weight is 268 g/mol. The van der Waals surface area contributed by atoms with Gasteiger partial charge >= 0.3 is 0 Å². The molecule has 1 saturated carbocycles. The van der Waals surface area contributed by atoms with Crippen molar-refractivity contribution in [2.75, 3.05) is 13.1 Å². The molecule has 0 radical (unpaired) electrons. The van der Waals surface area contributed by atoms with Gasteiger partial charge in [-0.2, -0.15) is 0 Å². The van der Waals surface area contributed by atoms with Crippen LogP contribution in [0.2, 0.25) is 0 Å². The normalized spacial score (nSPS) is 24.3. The topological polar surface area (TPSA) is 69.6 Å². The van der Waals surface area contributed by atoms with Crippen molar-refractivity contribution in [2.45, 2.75) is 57.6 Å². The molecular formula is C14H24N2O3. The van der Waals surface area contributed by atoms with Crippen LogP contribution >= 0.6 is 0 Å². The summed E-state index contributed by atoms with van der Waals surface area (Å²) in [5, 5.41) is 12.3. The van der Waals surface area contributed by atoms with E-state index in [2.05, 4.69) is 5.32 Å². The predicted molar refractivity (Wildman–Crippen MR) is 71.4 cm³/mol. The summed E-state index contributed by atoms with van der Waals surface area (Å²) in [7, 11) is 0. The summed E-state index contributed by atoms with van der Waals surface area (Å²) in [6.45, 7) is 3.11. The van der Waals surface area contributed by atoms with Gasteiger partial charge in [-0.1, -0.05) is 6.92 Å². The van der Waals surface area contributed by atoms with Crippen molar-refractivity contribution in [1.29, 1.82) is 0 Å². The summed E-state index contributed by atoms with van der Waals surface area (Å²) in [4.78, 5) is 25.9. The number of likely N-dealkylation sites (tertiary alicyclic amines) is 1. The molecule has 2 N–H and O–H groups in total. The first-order valence-electron chi connectivity index (χ1n) is 7.39. The molecule has 1 aliphatic carbocycles. The summed E-state index contributed by atoms with van der Waals surface area (Å²) in [5.74, 6) is 0.274. The van der Waals surface area contributed by atoms with Crippen LogP contribution in [0.3, 0.4) is 0 Å². The molecule has 0 aromatic rings. The van der Waals surface area contributed by atoms with Crippen molar-refractivity contribution in [1.82, 2.24) is 10.2 Å². The van der Waals surface area contributed by atoms with Gasteiger partial charge in [0.05, 0.1) is 6.10 Å². The summed E-state index contributed by atoms with van der Waals surface area (Å²) in [5.41, 5.74) is 0. The fourth-order valence-electron chi connectivity index (χ4n) is 2.55. The monoisotopic (exact) mass is 268 g/mol. The third-order valence-electron chi connectivity index (χ3n) is 4.01. The van der Waals surface area contributed by atoms with Gasteiger partial charge in [-0.3, -0.25) is 9.59 Å². The third kappa shape index (κ3) is 3.69. The van der Waals surface area contributed by atoms with Crippen LogP contribution in [0.1, 0.15) is 45.4 Å². The molecule has 2 fully saturated rings. The van der Waals surface area contributed by atoms with E-state index in [1.165, 1.54) is 0 Å². The Hall–Kier alpha value is -1.10. The second-order valence-electron chi connectivity index (χ2n) is 5.61. The van der Waals surface area contributed by atoms with Gasteiger partial charge in [0.15, 0.2) is 0 Å². The Morgan fingerprint density at radius 3 is 2.74 bits per heavy atom. The largest absolute Gasteiger partial charge is 0.393 e. The van der Waals surface area contributed by atoms with Crippen LogP contribution in [0, 0.1) is 5.92 Å². The van der Waals surface area contributed by atoms with Crippen molar-refractivity contribution in [3.63, 3.8) is 0 Å². The fraction of sp³-hybridized carbons (Fsp3) is 0.857. The quantitative estimate of drug-likeness (QED) is 0.743. The summed E-state index contributed by atoms with van der Waals surface area (Å²) >= 11 is 0. The molecule has 2 atom stereocenters. The average Bonchev–Trinajstić information content (AvgIpc) is 3.14. The van der Waals surface area contributed by atoms with E-state index >= 15 is 0 Å². The zero-order chi connectivity index (χ0) is 13.8. The number of amides is 2. The second-order valence-corrected chi connectivity index (χ2v) is 5.61. The van der Waals surface area contributed by atoms with Crippen LogP contribution in [-0.4, -0.2) is 47.1 Å². The molecule has 2 amide bonds. The predicted octanol–water partition coefficient (Wildman–Crippen LogP) is 0.665. The highest BCUT2D eigenvalue weighted by molar-refractivity contribution is 5.89. The molecule has 19 heavy (non-hydrogen) atoms. The van der Waals surface area contributed by atoms with Crippen LogP contribution in [0.5, 0.6) is 0 Å². The molecule has 2 unspecified atom stereocenters. The number of rotatable bonds is 6. The highest BCUT2D eigenvalue weighted by Gasteiger charge is 2.40. The Labute approximate surface area is 114 Å². The first-order chi connectivity index (χ1) is 9.13. The highest BCUT2D eigenvalue weighted by atomic mass is 16.3. The molecular weight excluding hydrogens is 244 g/mol. The molecule has 5 heteroatoms. The lowest BCUT2D eigenvalue weighted by Gasteiger charge is -2.24. The minimum atomic E-state index is -0.354. The van der Waals surface area contributed by atoms with E-state index in [0.29, 0.717) is 25.9 Å². The molecule has 2 aliphatic rings. The van der Waals surface area contributed by atoms with Gasteiger partial charge in [0, 0.05) is 19.0 Å². The first-order valence-corrected chi connectivity index (χ1v) is 7.39. The lowest BCUT2D eigenvalue weighted by atomic mass is 10.1. The molecule has 0 aromatic carbocycles. The summed E-state index contributed by atoms with van der Waals surface area (Å²) in [6, 6.07) is -0.285. The number of carbonyl (C=O) groups excluding carboxylic acids is 2. The Kier molecular flexibility index (Phi) is 4.80. The summed E-state index contributed by atoms with van der Waals surface area (Å²) in [6.07, 6.45) is 4.55. The molecule has 1 aliphatic heterocycles. The van der Waals surface area contributed by atoms with Gasteiger partial charge in [-0.25, -0.2) is 0 Å². The minimum absolute atomic E-state index is 0.0604. The molecule has 0 bridgehead atoms. The summed E-state index contributed by atoms with van der Waals surface area (Å²) < 4.78 is 0.